The van der Waals surface area contributed by atoms with Gasteiger partial charge in [-0.15, -0.1) is 0 Å². The van der Waals surface area contributed by atoms with Gasteiger partial charge in [0.1, 0.15) is 5.60 Å². The van der Waals surface area contributed by atoms with Crippen LogP contribution in [-0.2, 0) is 19.0 Å². The molecule has 0 unspecified atom stereocenters. The van der Waals surface area contributed by atoms with Crippen LogP contribution in [0.2, 0.25) is 0 Å². The molecular formula is C22H36O5. The first-order valence-electron chi connectivity index (χ1n) is 10.7. The van der Waals surface area contributed by atoms with E-state index in [9.17, 15) is 9.90 Å². The number of aliphatic hydroxyl groups is 1. The summed E-state index contributed by atoms with van der Waals surface area (Å²) in [4.78, 5) is 11.9. The predicted octanol–water partition coefficient (Wildman–Crippen LogP) is 3.47. The summed E-state index contributed by atoms with van der Waals surface area (Å²) in [5, 5.41) is 10.7. The first kappa shape index (κ1) is 19.7. The van der Waals surface area contributed by atoms with Gasteiger partial charge in [-0.2, -0.15) is 0 Å². The molecule has 4 aliphatic rings. The van der Waals surface area contributed by atoms with Crippen LogP contribution in [0.15, 0.2) is 0 Å². The lowest BCUT2D eigenvalue weighted by atomic mass is 9.56. The summed E-state index contributed by atoms with van der Waals surface area (Å²) in [5.74, 6) is 1.34. The lowest BCUT2D eigenvalue weighted by molar-refractivity contribution is -0.251. The van der Waals surface area contributed by atoms with Crippen LogP contribution in [0.25, 0.3) is 0 Å². The van der Waals surface area contributed by atoms with E-state index in [-0.39, 0.29) is 24.1 Å². The quantitative estimate of drug-likeness (QED) is 0.743. The number of ether oxygens (including phenoxy) is 3. The van der Waals surface area contributed by atoms with Crippen LogP contribution < -0.4 is 0 Å². The highest BCUT2D eigenvalue weighted by molar-refractivity contribution is 5.66. The van der Waals surface area contributed by atoms with Gasteiger partial charge in [0.05, 0.1) is 29.5 Å². The van der Waals surface area contributed by atoms with Gasteiger partial charge in [0.2, 0.25) is 0 Å². The van der Waals surface area contributed by atoms with Crippen LogP contribution >= 0.6 is 0 Å². The van der Waals surface area contributed by atoms with Crippen molar-refractivity contribution < 1.29 is 24.1 Å². The van der Waals surface area contributed by atoms with Crippen molar-refractivity contribution in [2.75, 3.05) is 0 Å². The van der Waals surface area contributed by atoms with Crippen molar-refractivity contribution in [3.63, 3.8) is 0 Å². The minimum absolute atomic E-state index is 0.00981. The number of carbonyl (C=O) groups is 1. The maximum atomic E-state index is 11.9. The van der Waals surface area contributed by atoms with Crippen molar-refractivity contribution >= 4 is 5.97 Å². The number of rotatable bonds is 2. The van der Waals surface area contributed by atoms with Crippen molar-refractivity contribution in [3.8, 4) is 0 Å². The highest BCUT2D eigenvalue weighted by Gasteiger charge is 2.68. The van der Waals surface area contributed by atoms with E-state index in [4.69, 9.17) is 14.2 Å². The Morgan fingerprint density at radius 1 is 1.15 bits per heavy atom. The summed E-state index contributed by atoms with van der Waals surface area (Å²) >= 11 is 0. The summed E-state index contributed by atoms with van der Waals surface area (Å²) in [6, 6.07) is 0. The topological polar surface area (TPSA) is 65.0 Å². The molecule has 4 fully saturated rings. The van der Waals surface area contributed by atoms with E-state index in [0.29, 0.717) is 24.2 Å². The fourth-order valence-electron chi connectivity index (χ4n) is 7.01. The molecule has 0 amide bonds. The number of fused-ring (bicyclic) bond motifs is 8. The maximum absolute atomic E-state index is 11.9. The number of hydrogen-bond acceptors (Lipinski definition) is 5. The molecule has 4 bridgehead atoms. The molecule has 5 nitrogen and oxygen atoms in total. The second-order valence-corrected chi connectivity index (χ2v) is 10.5. The third-order valence-corrected chi connectivity index (χ3v) is 8.19. The molecule has 27 heavy (non-hydrogen) atoms. The molecule has 4 rings (SSSR count). The SMILES string of the molecule is CC(=O)O[C@@]1(C)CC[C@H](C(C)C)[C@@H]2[C@H]1[C@@H]1C[C@@]3(C)O[C@](C)(CC[C@H]3O)[C@H]2O1. The van der Waals surface area contributed by atoms with E-state index in [1.54, 1.807) is 0 Å². The fraction of sp³-hybridized carbons (Fsp3) is 0.955. The zero-order valence-electron chi connectivity index (χ0n) is 17.7. The monoisotopic (exact) mass is 380 g/mol. The summed E-state index contributed by atoms with van der Waals surface area (Å²) in [6.07, 6.45) is 3.60. The minimum Gasteiger partial charge on any atom is -0.459 e. The van der Waals surface area contributed by atoms with Gasteiger partial charge in [0.15, 0.2) is 0 Å². The van der Waals surface area contributed by atoms with Gasteiger partial charge >= 0.3 is 5.97 Å². The van der Waals surface area contributed by atoms with Crippen molar-refractivity contribution in [3.05, 3.63) is 0 Å². The van der Waals surface area contributed by atoms with Gasteiger partial charge in [-0.05, 0) is 58.3 Å². The summed E-state index contributed by atoms with van der Waals surface area (Å²) in [7, 11) is 0. The van der Waals surface area contributed by atoms with Gasteiger partial charge in [-0.1, -0.05) is 13.8 Å². The Labute approximate surface area is 163 Å². The molecule has 1 N–H and O–H groups in total. The molecule has 0 aromatic rings. The molecule has 154 valence electrons. The minimum atomic E-state index is -0.598. The molecule has 1 saturated carbocycles. The second kappa shape index (κ2) is 6.17. The Kier molecular flexibility index (Phi) is 4.49. The first-order chi connectivity index (χ1) is 12.5. The van der Waals surface area contributed by atoms with E-state index in [1.807, 2.05) is 6.92 Å². The van der Waals surface area contributed by atoms with Crippen LogP contribution in [0, 0.1) is 23.7 Å². The molecule has 0 aromatic heterocycles. The fourth-order valence-corrected chi connectivity index (χ4v) is 7.01. The highest BCUT2D eigenvalue weighted by Crippen LogP contribution is 2.61. The molecule has 9 atom stereocenters. The molecule has 3 saturated heterocycles. The van der Waals surface area contributed by atoms with Gasteiger partial charge in [-0.3, -0.25) is 4.79 Å². The van der Waals surface area contributed by atoms with Crippen molar-refractivity contribution in [1.29, 1.82) is 0 Å². The van der Waals surface area contributed by atoms with Crippen LogP contribution in [0.3, 0.4) is 0 Å². The van der Waals surface area contributed by atoms with Gasteiger partial charge < -0.3 is 19.3 Å². The molecule has 1 aliphatic carbocycles. The van der Waals surface area contributed by atoms with Crippen LogP contribution in [0.1, 0.15) is 73.6 Å². The van der Waals surface area contributed by atoms with Crippen LogP contribution in [0.5, 0.6) is 0 Å². The molecular weight excluding hydrogens is 344 g/mol. The third-order valence-electron chi connectivity index (χ3n) is 8.19. The Morgan fingerprint density at radius 3 is 2.48 bits per heavy atom. The van der Waals surface area contributed by atoms with Crippen LogP contribution in [-0.4, -0.2) is 46.2 Å². The number of esters is 1. The van der Waals surface area contributed by atoms with E-state index >= 15 is 0 Å². The zero-order chi connectivity index (χ0) is 19.8. The molecule has 3 heterocycles. The number of hydrogen-bond donors (Lipinski definition) is 1. The first-order valence-corrected chi connectivity index (χ1v) is 10.7. The Hall–Kier alpha value is -0.650. The second-order valence-electron chi connectivity index (χ2n) is 10.5. The Morgan fingerprint density at radius 2 is 1.85 bits per heavy atom. The van der Waals surface area contributed by atoms with Gasteiger partial charge in [0, 0.05) is 25.2 Å². The van der Waals surface area contributed by atoms with Crippen LogP contribution in [0.4, 0.5) is 0 Å². The third kappa shape index (κ3) is 2.87. The molecule has 3 aliphatic heterocycles. The van der Waals surface area contributed by atoms with Gasteiger partial charge in [0.25, 0.3) is 0 Å². The molecule has 5 heteroatoms. The van der Waals surface area contributed by atoms with Gasteiger partial charge in [-0.25, -0.2) is 0 Å². The van der Waals surface area contributed by atoms with E-state index in [1.165, 1.54) is 6.92 Å². The van der Waals surface area contributed by atoms with Crippen molar-refractivity contribution in [2.45, 2.75) is 109 Å². The largest absolute Gasteiger partial charge is 0.459 e. The van der Waals surface area contributed by atoms with Crippen molar-refractivity contribution in [2.24, 2.45) is 23.7 Å². The number of carbonyl (C=O) groups excluding carboxylic acids is 1. The summed E-state index contributed by atoms with van der Waals surface area (Å²) in [5.41, 5.74) is -1.51. The predicted molar refractivity (Wildman–Crippen MR) is 101 cm³/mol. The average molecular weight is 381 g/mol. The smallest absolute Gasteiger partial charge is 0.303 e. The number of aliphatic hydroxyl groups excluding tert-OH is 1. The Balaban J connectivity index is 1.79. The molecule has 0 spiro atoms. The maximum Gasteiger partial charge on any atom is 0.303 e. The average Bonchev–Trinajstić information content (AvgIpc) is 2.87. The highest BCUT2D eigenvalue weighted by atomic mass is 16.6. The molecule has 0 radical (unpaired) electrons. The standard InChI is InChI=1S/C22H36O5/c1-12(2)14-7-9-20(4,26-13(3)23)18-15-11-22(6)16(24)8-10-21(5,27-22)19(25-15)17(14)18/h12,14-19,24H,7-11H2,1-6H3/t14-,15+,16-,17-,18-,19+,20+,21-,22-/m1/s1. The van der Waals surface area contributed by atoms with Crippen molar-refractivity contribution in [1.82, 2.24) is 0 Å². The van der Waals surface area contributed by atoms with E-state index < -0.39 is 22.9 Å². The lowest BCUT2D eigenvalue weighted by Crippen LogP contribution is -2.63. The molecule has 0 aromatic carbocycles. The Bertz CT molecular complexity index is 620. The van der Waals surface area contributed by atoms with E-state index in [0.717, 1.165) is 25.7 Å². The summed E-state index contributed by atoms with van der Waals surface area (Å²) in [6.45, 7) is 12.4. The summed E-state index contributed by atoms with van der Waals surface area (Å²) < 4.78 is 19.3. The normalized spacial score (nSPS) is 54.4. The van der Waals surface area contributed by atoms with E-state index in [2.05, 4.69) is 27.7 Å². The lowest BCUT2D eigenvalue weighted by Gasteiger charge is -2.55. The zero-order valence-corrected chi connectivity index (χ0v) is 17.7.